The van der Waals surface area contributed by atoms with Gasteiger partial charge in [0.15, 0.2) is 0 Å². The summed E-state index contributed by atoms with van der Waals surface area (Å²) in [6, 6.07) is 1.79. The molecule has 7 heteroatoms. The molecule has 1 unspecified atom stereocenters. The number of carbonyl (C=O) groups excluding carboxylic acids is 1. The summed E-state index contributed by atoms with van der Waals surface area (Å²) >= 11 is 1.45. The molecule has 2 fully saturated rings. The van der Waals surface area contributed by atoms with Gasteiger partial charge in [-0.1, -0.05) is 0 Å². The van der Waals surface area contributed by atoms with Crippen LogP contribution in [-0.4, -0.2) is 45.7 Å². The second-order valence-electron chi connectivity index (χ2n) is 6.86. The van der Waals surface area contributed by atoms with Gasteiger partial charge in [-0.15, -0.1) is 11.3 Å². The molecule has 0 bridgehead atoms. The van der Waals surface area contributed by atoms with Crippen LogP contribution in [0.3, 0.4) is 0 Å². The molecule has 0 aromatic carbocycles. The van der Waals surface area contributed by atoms with E-state index in [0.29, 0.717) is 44.0 Å². The molecule has 4 rings (SSSR count). The van der Waals surface area contributed by atoms with Gasteiger partial charge in [0.05, 0.1) is 30.5 Å². The number of aromatic nitrogens is 2. The van der Waals surface area contributed by atoms with Crippen LogP contribution in [0, 0.1) is 5.92 Å². The highest BCUT2D eigenvalue weighted by atomic mass is 32.1. The first-order chi connectivity index (χ1) is 11.6. The van der Waals surface area contributed by atoms with E-state index in [2.05, 4.69) is 11.9 Å². The van der Waals surface area contributed by atoms with Crippen molar-refractivity contribution in [2.45, 2.75) is 38.3 Å². The molecule has 1 aliphatic heterocycles. The molecule has 128 valence electrons. The highest BCUT2D eigenvalue weighted by molar-refractivity contribution is 7.16. The zero-order valence-corrected chi connectivity index (χ0v) is 14.6. The summed E-state index contributed by atoms with van der Waals surface area (Å²) in [5, 5.41) is 2.49. The first-order valence-corrected chi connectivity index (χ1v) is 9.28. The van der Waals surface area contributed by atoms with Gasteiger partial charge in [-0.05, 0) is 37.1 Å². The molecule has 0 radical (unpaired) electrons. The van der Waals surface area contributed by atoms with Gasteiger partial charge in [0.25, 0.3) is 5.56 Å². The molecule has 1 saturated heterocycles. The van der Waals surface area contributed by atoms with Gasteiger partial charge in [0, 0.05) is 19.5 Å². The molecule has 1 saturated carbocycles. The lowest BCUT2D eigenvalue weighted by Crippen LogP contribution is -2.58. The van der Waals surface area contributed by atoms with E-state index in [4.69, 9.17) is 4.74 Å². The summed E-state index contributed by atoms with van der Waals surface area (Å²) in [5.41, 5.74) is -0.253. The van der Waals surface area contributed by atoms with Gasteiger partial charge in [-0.25, -0.2) is 4.98 Å². The lowest BCUT2D eigenvalue weighted by Gasteiger charge is -2.45. The lowest BCUT2D eigenvalue weighted by atomic mass is 9.92. The summed E-state index contributed by atoms with van der Waals surface area (Å²) in [5.74, 6) is 0.651. The van der Waals surface area contributed by atoms with E-state index in [1.807, 2.05) is 10.3 Å². The number of aryl methyl sites for hydroxylation is 1. The Kier molecular flexibility index (Phi) is 3.92. The van der Waals surface area contributed by atoms with E-state index in [1.165, 1.54) is 24.2 Å². The topological polar surface area (TPSA) is 64.4 Å². The number of carbonyl (C=O) groups is 1. The van der Waals surface area contributed by atoms with Crippen molar-refractivity contribution in [3.63, 3.8) is 0 Å². The molecule has 2 aromatic rings. The monoisotopic (exact) mass is 347 g/mol. The van der Waals surface area contributed by atoms with Crippen LogP contribution >= 0.6 is 11.3 Å². The summed E-state index contributed by atoms with van der Waals surface area (Å²) in [7, 11) is 0. The van der Waals surface area contributed by atoms with Crippen molar-refractivity contribution < 1.29 is 9.53 Å². The number of thiophene rings is 1. The minimum absolute atomic E-state index is 0.0685. The number of nitrogens with zero attached hydrogens (tertiary/aromatic N) is 3. The number of ether oxygens (including phenoxy) is 1. The van der Waals surface area contributed by atoms with Crippen LogP contribution in [0.2, 0.25) is 0 Å². The summed E-state index contributed by atoms with van der Waals surface area (Å²) < 4.78 is 7.17. The van der Waals surface area contributed by atoms with Crippen molar-refractivity contribution in [3.8, 4) is 0 Å². The quantitative estimate of drug-likeness (QED) is 0.847. The van der Waals surface area contributed by atoms with E-state index in [9.17, 15) is 9.59 Å². The zero-order chi connectivity index (χ0) is 16.7. The largest absolute Gasteiger partial charge is 0.377 e. The molecule has 0 spiro atoms. The highest BCUT2D eigenvalue weighted by Crippen LogP contribution is 2.44. The minimum atomic E-state index is -0.185. The fraction of sp³-hybridized carbons (Fsp3) is 0.588. The van der Waals surface area contributed by atoms with Gasteiger partial charge in [-0.3, -0.25) is 14.2 Å². The Morgan fingerprint density at radius 2 is 2.33 bits per heavy atom. The summed E-state index contributed by atoms with van der Waals surface area (Å²) in [4.78, 5) is 32.2. The maximum absolute atomic E-state index is 12.8. The van der Waals surface area contributed by atoms with Crippen LogP contribution in [0.25, 0.3) is 10.2 Å². The van der Waals surface area contributed by atoms with Crippen LogP contribution < -0.4 is 5.56 Å². The van der Waals surface area contributed by atoms with E-state index in [0.717, 1.165) is 4.83 Å². The molecule has 3 heterocycles. The normalized spacial score (nSPS) is 24.5. The highest BCUT2D eigenvalue weighted by Gasteiger charge is 2.48. The van der Waals surface area contributed by atoms with Crippen molar-refractivity contribution in [3.05, 3.63) is 28.1 Å². The standard InChI is InChI=1S/C17H21N3O3S/c1-17(12-2-3-12)10-23-8-7-20(17)14(21)4-6-19-11-18-15-13(16(19)22)5-9-24-15/h5,9,11-12H,2-4,6-8,10H2,1H3. The van der Waals surface area contributed by atoms with Crippen molar-refractivity contribution >= 4 is 27.5 Å². The van der Waals surface area contributed by atoms with Gasteiger partial charge in [0.1, 0.15) is 4.83 Å². The predicted molar refractivity (Wildman–Crippen MR) is 92.2 cm³/mol. The van der Waals surface area contributed by atoms with E-state index in [-0.39, 0.29) is 17.0 Å². The number of amides is 1. The number of hydrogen-bond acceptors (Lipinski definition) is 5. The molecule has 0 N–H and O–H groups in total. The van der Waals surface area contributed by atoms with E-state index >= 15 is 0 Å². The molecule has 24 heavy (non-hydrogen) atoms. The minimum Gasteiger partial charge on any atom is -0.377 e. The van der Waals surface area contributed by atoms with Gasteiger partial charge < -0.3 is 9.64 Å². The molecule has 1 aliphatic carbocycles. The first kappa shape index (κ1) is 15.8. The summed E-state index contributed by atoms with van der Waals surface area (Å²) in [6.07, 6.45) is 4.21. The van der Waals surface area contributed by atoms with Crippen LogP contribution in [0.5, 0.6) is 0 Å². The predicted octanol–water partition coefficient (Wildman–Crippen LogP) is 1.88. The zero-order valence-electron chi connectivity index (χ0n) is 13.7. The SMILES string of the molecule is CC1(C2CC2)COCCN1C(=O)CCn1cnc2sccc2c1=O. The Morgan fingerprint density at radius 1 is 1.50 bits per heavy atom. The number of rotatable bonds is 4. The van der Waals surface area contributed by atoms with E-state index < -0.39 is 0 Å². The van der Waals surface area contributed by atoms with Gasteiger partial charge in [0.2, 0.25) is 5.91 Å². The molecule has 6 nitrogen and oxygen atoms in total. The molecular weight excluding hydrogens is 326 g/mol. The van der Waals surface area contributed by atoms with Gasteiger partial charge in [-0.2, -0.15) is 0 Å². The van der Waals surface area contributed by atoms with Crippen LogP contribution in [0.1, 0.15) is 26.2 Å². The third-order valence-corrected chi connectivity index (χ3v) is 6.07. The number of fused-ring (bicyclic) bond motifs is 1. The average Bonchev–Trinajstić information content (AvgIpc) is 3.33. The average molecular weight is 347 g/mol. The van der Waals surface area contributed by atoms with Crippen molar-refractivity contribution in [2.75, 3.05) is 19.8 Å². The molecule has 2 aliphatic rings. The Hall–Kier alpha value is -1.73. The van der Waals surface area contributed by atoms with Crippen LogP contribution in [0.15, 0.2) is 22.6 Å². The Labute approximate surface area is 144 Å². The maximum Gasteiger partial charge on any atom is 0.262 e. The lowest BCUT2D eigenvalue weighted by molar-refractivity contribution is -0.150. The molecule has 2 aromatic heterocycles. The molecule has 1 amide bonds. The number of morpholine rings is 1. The van der Waals surface area contributed by atoms with Gasteiger partial charge >= 0.3 is 0 Å². The van der Waals surface area contributed by atoms with Crippen LogP contribution in [-0.2, 0) is 16.1 Å². The fourth-order valence-corrected chi connectivity index (χ4v) is 4.35. The Balaban J connectivity index is 1.49. The fourth-order valence-electron chi connectivity index (χ4n) is 3.62. The summed E-state index contributed by atoms with van der Waals surface area (Å²) in [6.45, 7) is 4.35. The molecule has 1 atom stereocenters. The second-order valence-corrected chi connectivity index (χ2v) is 7.76. The Morgan fingerprint density at radius 3 is 3.12 bits per heavy atom. The third-order valence-electron chi connectivity index (χ3n) is 5.25. The first-order valence-electron chi connectivity index (χ1n) is 8.40. The Bertz CT molecular complexity index is 826. The van der Waals surface area contributed by atoms with Crippen LogP contribution in [0.4, 0.5) is 0 Å². The van der Waals surface area contributed by atoms with Crippen molar-refractivity contribution in [1.29, 1.82) is 0 Å². The number of hydrogen-bond donors (Lipinski definition) is 0. The smallest absolute Gasteiger partial charge is 0.262 e. The maximum atomic E-state index is 12.8. The third kappa shape index (κ3) is 2.65. The second kappa shape index (κ2) is 5.97. The van der Waals surface area contributed by atoms with E-state index in [1.54, 1.807) is 17.0 Å². The molecular formula is C17H21N3O3S. The van der Waals surface area contributed by atoms with Crippen molar-refractivity contribution in [1.82, 2.24) is 14.5 Å². The van der Waals surface area contributed by atoms with Crippen molar-refractivity contribution in [2.24, 2.45) is 5.92 Å².